The van der Waals surface area contributed by atoms with Gasteiger partial charge in [-0.1, -0.05) is 31.9 Å². The summed E-state index contributed by atoms with van der Waals surface area (Å²) in [5, 5.41) is 3.44. The van der Waals surface area contributed by atoms with Crippen LogP contribution in [-0.4, -0.2) is 31.1 Å². The van der Waals surface area contributed by atoms with Gasteiger partial charge in [-0.2, -0.15) is 13.2 Å². The lowest BCUT2D eigenvalue weighted by molar-refractivity contribution is -0.137. The first-order valence-corrected chi connectivity index (χ1v) is 8.53. The third kappa shape index (κ3) is 4.85. The normalized spacial score (nSPS) is 19.6. The Morgan fingerprint density at radius 2 is 1.87 bits per heavy atom. The summed E-state index contributed by atoms with van der Waals surface area (Å²) in [5.41, 5.74) is 0.0107. The van der Waals surface area contributed by atoms with Crippen LogP contribution in [0.25, 0.3) is 0 Å². The van der Waals surface area contributed by atoms with Gasteiger partial charge in [0.05, 0.1) is 5.56 Å². The molecular formula is C17H24ClF3N2. The number of benzene rings is 1. The van der Waals surface area contributed by atoms with E-state index in [9.17, 15) is 13.2 Å². The fraction of sp³-hybridized carbons (Fsp3) is 0.647. The van der Waals surface area contributed by atoms with Crippen molar-refractivity contribution in [3.63, 3.8) is 0 Å². The fourth-order valence-corrected chi connectivity index (χ4v) is 3.66. The Morgan fingerprint density at radius 3 is 2.43 bits per heavy atom. The third-order valence-corrected chi connectivity index (χ3v) is 4.64. The first-order valence-electron chi connectivity index (χ1n) is 8.15. The summed E-state index contributed by atoms with van der Waals surface area (Å²) in [4.78, 5) is 2.28. The molecule has 1 fully saturated rings. The molecule has 0 aliphatic carbocycles. The SMILES string of the molecule is CCCC(C)[C@@H](c1cc(Cl)cc(C(F)(F)F)c1)N1CCNCC1. The highest BCUT2D eigenvalue weighted by Gasteiger charge is 2.33. The first kappa shape index (κ1) is 18.6. The van der Waals surface area contributed by atoms with Crippen LogP contribution >= 0.6 is 11.6 Å². The summed E-state index contributed by atoms with van der Waals surface area (Å²) in [6, 6.07) is 3.93. The van der Waals surface area contributed by atoms with Crippen molar-refractivity contribution in [2.75, 3.05) is 26.2 Å². The second-order valence-corrected chi connectivity index (χ2v) is 6.70. The Kier molecular flexibility index (Phi) is 6.34. The van der Waals surface area contributed by atoms with Gasteiger partial charge in [-0.25, -0.2) is 0 Å². The smallest absolute Gasteiger partial charge is 0.314 e. The van der Waals surface area contributed by atoms with Gasteiger partial charge in [0.1, 0.15) is 0 Å². The Balaban J connectivity index is 2.39. The van der Waals surface area contributed by atoms with Crippen LogP contribution in [0.2, 0.25) is 5.02 Å². The van der Waals surface area contributed by atoms with Crippen molar-refractivity contribution >= 4 is 11.6 Å². The number of piperazine rings is 1. The minimum absolute atomic E-state index is 0.0307. The van der Waals surface area contributed by atoms with Gasteiger partial charge < -0.3 is 5.32 Å². The molecule has 1 aliphatic heterocycles. The molecule has 1 aliphatic rings. The van der Waals surface area contributed by atoms with Crippen molar-refractivity contribution in [3.8, 4) is 0 Å². The molecule has 0 bridgehead atoms. The van der Waals surface area contributed by atoms with Crippen LogP contribution in [0.15, 0.2) is 18.2 Å². The molecule has 1 aromatic carbocycles. The van der Waals surface area contributed by atoms with Crippen molar-refractivity contribution in [1.82, 2.24) is 10.2 Å². The number of halogens is 4. The number of hydrogen-bond donors (Lipinski definition) is 1. The maximum Gasteiger partial charge on any atom is 0.416 e. The summed E-state index contributed by atoms with van der Waals surface area (Å²) in [7, 11) is 0. The van der Waals surface area contributed by atoms with E-state index in [1.807, 2.05) is 0 Å². The van der Waals surface area contributed by atoms with E-state index in [0.29, 0.717) is 5.56 Å². The minimum Gasteiger partial charge on any atom is -0.314 e. The van der Waals surface area contributed by atoms with Crippen molar-refractivity contribution in [2.24, 2.45) is 5.92 Å². The lowest BCUT2D eigenvalue weighted by atomic mass is 9.88. The van der Waals surface area contributed by atoms with Crippen LogP contribution in [0.1, 0.15) is 43.9 Å². The average Bonchev–Trinajstić information content (AvgIpc) is 2.47. The van der Waals surface area contributed by atoms with Crippen molar-refractivity contribution in [3.05, 3.63) is 34.3 Å². The van der Waals surface area contributed by atoms with E-state index in [0.717, 1.165) is 45.1 Å². The molecule has 6 heteroatoms. The van der Waals surface area contributed by atoms with E-state index in [2.05, 4.69) is 24.1 Å². The molecule has 0 radical (unpaired) electrons. The van der Waals surface area contributed by atoms with E-state index in [1.165, 1.54) is 6.07 Å². The molecule has 130 valence electrons. The topological polar surface area (TPSA) is 15.3 Å². The number of nitrogens with zero attached hydrogens (tertiary/aromatic N) is 1. The standard InChI is InChI=1S/C17H24ClF3N2/c1-3-4-12(2)16(23-7-5-22-6-8-23)13-9-14(17(19,20)21)11-15(18)10-13/h9-12,16,22H,3-8H2,1-2H3/t12?,16-/m0/s1. The van der Waals surface area contributed by atoms with Crippen molar-refractivity contribution < 1.29 is 13.2 Å². The predicted octanol–water partition coefficient (Wildman–Crippen LogP) is 4.74. The molecule has 1 aromatic rings. The van der Waals surface area contributed by atoms with E-state index >= 15 is 0 Å². The lowest BCUT2D eigenvalue weighted by Gasteiger charge is -2.39. The molecule has 1 N–H and O–H groups in total. The Labute approximate surface area is 141 Å². The molecule has 1 heterocycles. The molecule has 0 amide bonds. The van der Waals surface area contributed by atoms with Gasteiger partial charge in [0.15, 0.2) is 0 Å². The summed E-state index contributed by atoms with van der Waals surface area (Å²) in [6.45, 7) is 7.62. The molecule has 2 nitrogen and oxygen atoms in total. The van der Waals surface area contributed by atoms with Crippen molar-refractivity contribution in [2.45, 2.75) is 38.9 Å². The molecule has 2 rings (SSSR count). The van der Waals surface area contributed by atoms with Crippen LogP contribution in [0.4, 0.5) is 13.2 Å². The zero-order valence-electron chi connectivity index (χ0n) is 13.6. The second-order valence-electron chi connectivity index (χ2n) is 6.27. The summed E-state index contributed by atoms with van der Waals surface area (Å²) in [6.07, 6.45) is -2.39. The van der Waals surface area contributed by atoms with Crippen LogP contribution in [0.3, 0.4) is 0 Å². The van der Waals surface area contributed by atoms with Crippen molar-refractivity contribution in [1.29, 1.82) is 0 Å². The lowest BCUT2D eigenvalue weighted by Crippen LogP contribution is -2.46. The van der Waals surface area contributed by atoms with Gasteiger partial charge in [-0.15, -0.1) is 0 Å². The van der Waals surface area contributed by atoms with E-state index in [4.69, 9.17) is 11.6 Å². The highest BCUT2D eigenvalue weighted by atomic mass is 35.5. The van der Waals surface area contributed by atoms with Crippen LogP contribution in [0, 0.1) is 5.92 Å². The van der Waals surface area contributed by atoms with Gasteiger partial charge in [-0.05, 0) is 36.1 Å². The second kappa shape index (κ2) is 7.86. The maximum atomic E-state index is 13.1. The summed E-state index contributed by atoms with van der Waals surface area (Å²) >= 11 is 5.99. The predicted molar refractivity (Wildman–Crippen MR) is 87.7 cm³/mol. The van der Waals surface area contributed by atoms with Crippen LogP contribution in [0.5, 0.6) is 0 Å². The number of rotatable bonds is 5. The van der Waals surface area contributed by atoms with Crippen LogP contribution in [-0.2, 0) is 6.18 Å². The van der Waals surface area contributed by atoms with Gasteiger partial charge in [0.25, 0.3) is 0 Å². The molecule has 1 unspecified atom stereocenters. The molecule has 0 aromatic heterocycles. The first-order chi connectivity index (χ1) is 10.8. The summed E-state index contributed by atoms with van der Waals surface area (Å²) in [5.74, 6) is 0.276. The molecule has 2 atom stereocenters. The van der Waals surface area contributed by atoms with E-state index in [1.54, 1.807) is 6.07 Å². The van der Waals surface area contributed by atoms with Gasteiger partial charge in [0.2, 0.25) is 0 Å². The molecule has 0 spiro atoms. The van der Waals surface area contributed by atoms with Gasteiger partial charge >= 0.3 is 6.18 Å². The van der Waals surface area contributed by atoms with Crippen LogP contribution < -0.4 is 5.32 Å². The fourth-order valence-electron chi connectivity index (χ4n) is 3.42. The third-order valence-electron chi connectivity index (χ3n) is 4.42. The van der Waals surface area contributed by atoms with E-state index in [-0.39, 0.29) is 17.0 Å². The quantitative estimate of drug-likeness (QED) is 0.826. The number of nitrogens with one attached hydrogen (secondary N) is 1. The molecule has 0 saturated carbocycles. The highest BCUT2D eigenvalue weighted by molar-refractivity contribution is 6.30. The molecule has 23 heavy (non-hydrogen) atoms. The Morgan fingerprint density at radius 1 is 1.22 bits per heavy atom. The maximum absolute atomic E-state index is 13.1. The summed E-state index contributed by atoms with van der Waals surface area (Å²) < 4.78 is 39.4. The van der Waals surface area contributed by atoms with Gasteiger partial charge in [-0.3, -0.25) is 4.90 Å². The minimum atomic E-state index is -4.37. The van der Waals surface area contributed by atoms with Gasteiger partial charge in [0, 0.05) is 37.2 Å². The number of alkyl halides is 3. The monoisotopic (exact) mass is 348 g/mol. The highest BCUT2D eigenvalue weighted by Crippen LogP contribution is 2.37. The average molecular weight is 349 g/mol. The largest absolute Gasteiger partial charge is 0.416 e. The number of hydrogen-bond acceptors (Lipinski definition) is 2. The zero-order chi connectivity index (χ0) is 17.0. The zero-order valence-corrected chi connectivity index (χ0v) is 14.3. The molecule has 1 saturated heterocycles. The Hall–Kier alpha value is -0.780. The molecular weight excluding hydrogens is 325 g/mol. The Bertz CT molecular complexity index is 513. The van der Waals surface area contributed by atoms with E-state index < -0.39 is 11.7 Å².